The standard InChI is InChI=1S/C18H16FN5O3/c1-2-22-11-13(10-21)17(26)24(18(22)27)12-16(25)23(9-3-8-20)15-6-4-14(19)5-7-15/h4-7,11H,2-3,9,12H2,1H3. The third-order valence-electron chi connectivity index (χ3n) is 3.88. The molecule has 0 unspecified atom stereocenters. The monoisotopic (exact) mass is 369 g/mol. The van der Waals surface area contributed by atoms with Crippen molar-refractivity contribution in [3.05, 3.63) is 62.7 Å². The molecule has 1 aromatic heterocycles. The SMILES string of the molecule is CCn1cc(C#N)c(=O)n(CC(=O)N(CCC#N)c2ccc(F)cc2)c1=O. The number of hydrogen-bond donors (Lipinski definition) is 0. The van der Waals surface area contributed by atoms with E-state index < -0.39 is 29.5 Å². The topological polar surface area (TPSA) is 112 Å². The second-order valence-corrected chi connectivity index (χ2v) is 5.54. The minimum absolute atomic E-state index is 0.00937. The maximum atomic E-state index is 13.1. The Morgan fingerprint density at radius 1 is 1.22 bits per heavy atom. The van der Waals surface area contributed by atoms with Gasteiger partial charge in [-0.05, 0) is 31.2 Å². The quantitative estimate of drug-likeness (QED) is 0.754. The minimum Gasteiger partial charge on any atom is -0.310 e. The molecule has 0 aliphatic rings. The van der Waals surface area contributed by atoms with Gasteiger partial charge in [0.2, 0.25) is 5.91 Å². The predicted molar refractivity (Wildman–Crippen MR) is 94.3 cm³/mol. The summed E-state index contributed by atoms with van der Waals surface area (Å²) < 4.78 is 15.0. The summed E-state index contributed by atoms with van der Waals surface area (Å²) in [7, 11) is 0. The first-order valence-electron chi connectivity index (χ1n) is 8.10. The Morgan fingerprint density at radius 2 is 1.89 bits per heavy atom. The maximum Gasteiger partial charge on any atom is 0.331 e. The summed E-state index contributed by atoms with van der Waals surface area (Å²) in [4.78, 5) is 38.6. The number of aromatic nitrogens is 2. The van der Waals surface area contributed by atoms with Gasteiger partial charge in [-0.2, -0.15) is 10.5 Å². The fourth-order valence-electron chi connectivity index (χ4n) is 2.50. The molecular formula is C18H16FN5O3. The van der Waals surface area contributed by atoms with E-state index in [0.29, 0.717) is 10.3 Å². The van der Waals surface area contributed by atoms with Crippen LogP contribution in [-0.2, 0) is 17.9 Å². The molecule has 27 heavy (non-hydrogen) atoms. The van der Waals surface area contributed by atoms with Crippen molar-refractivity contribution >= 4 is 11.6 Å². The highest BCUT2D eigenvalue weighted by atomic mass is 19.1. The van der Waals surface area contributed by atoms with Crippen LogP contribution in [0.4, 0.5) is 10.1 Å². The fraction of sp³-hybridized carbons (Fsp3) is 0.278. The van der Waals surface area contributed by atoms with E-state index in [2.05, 4.69) is 0 Å². The molecule has 2 rings (SSSR count). The van der Waals surface area contributed by atoms with Crippen LogP contribution in [0.1, 0.15) is 18.9 Å². The van der Waals surface area contributed by atoms with Gasteiger partial charge in [-0.15, -0.1) is 0 Å². The Morgan fingerprint density at radius 3 is 2.44 bits per heavy atom. The molecule has 8 nitrogen and oxygen atoms in total. The van der Waals surface area contributed by atoms with Gasteiger partial charge < -0.3 is 4.90 Å². The Hall–Kier alpha value is -3.72. The third-order valence-corrected chi connectivity index (χ3v) is 3.88. The van der Waals surface area contributed by atoms with Crippen LogP contribution in [0.2, 0.25) is 0 Å². The normalized spacial score (nSPS) is 10.1. The van der Waals surface area contributed by atoms with Gasteiger partial charge in [0.1, 0.15) is 24.0 Å². The highest BCUT2D eigenvalue weighted by Gasteiger charge is 2.20. The highest BCUT2D eigenvalue weighted by molar-refractivity contribution is 5.93. The fourth-order valence-corrected chi connectivity index (χ4v) is 2.50. The molecule has 2 aromatic rings. The van der Waals surface area contributed by atoms with Gasteiger partial charge in [0, 0.05) is 25.0 Å². The highest BCUT2D eigenvalue weighted by Crippen LogP contribution is 2.16. The number of carbonyl (C=O) groups excluding carboxylic acids is 1. The van der Waals surface area contributed by atoms with Crippen molar-refractivity contribution in [2.75, 3.05) is 11.4 Å². The molecule has 1 amide bonds. The lowest BCUT2D eigenvalue weighted by Crippen LogP contribution is -2.45. The second kappa shape index (κ2) is 8.59. The third kappa shape index (κ3) is 4.28. The van der Waals surface area contributed by atoms with Gasteiger partial charge in [0.25, 0.3) is 5.56 Å². The van der Waals surface area contributed by atoms with E-state index in [1.165, 1.54) is 17.0 Å². The number of nitriles is 2. The largest absolute Gasteiger partial charge is 0.331 e. The van der Waals surface area contributed by atoms with Gasteiger partial charge in [-0.25, -0.2) is 13.8 Å². The summed E-state index contributed by atoms with van der Waals surface area (Å²) in [6.07, 6.45) is 1.16. The number of amides is 1. The Labute approximate surface area is 153 Å². The number of aryl methyl sites for hydroxylation is 1. The van der Waals surface area contributed by atoms with Gasteiger partial charge in [-0.1, -0.05) is 0 Å². The number of anilines is 1. The summed E-state index contributed by atoms with van der Waals surface area (Å²) in [5.41, 5.74) is -1.50. The van der Waals surface area contributed by atoms with Gasteiger partial charge in [0.15, 0.2) is 0 Å². The van der Waals surface area contributed by atoms with Crippen LogP contribution in [0.3, 0.4) is 0 Å². The van der Waals surface area contributed by atoms with Crippen LogP contribution in [-0.4, -0.2) is 21.6 Å². The first kappa shape index (κ1) is 19.6. The molecule has 9 heteroatoms. The van der Waals surface area contributed by atoms with Gasteiger partial charge >= 0.3 is 5.69 Å². The van der Waals surface area contributed by atoms with E-state index in [9.17, 15) is 18.8 Å². The molecule has 0 atom stereocenters. The van der Waals surface area contributed by atoms with E-state index in [1.54, 1.807) is 13.0 Å². The van der Waals surface area contributed by atoms with Gasteiger partial charge in [-0.3, -0.25) is 14.2 Å². The van der Waals surface area contributed by atoms with Crippen molar-refractivity contribution in [2.45, 2.75) is 26.4 Å². The van der Waals surface area contributed by atoms with Crippen molar-refractivity contribution in [1.82, 2.24) is 9.13 Å². The molecule has 0 saturated carbocycles. The zero-order valence-corrected chi connectivity index (χ0v) is 14.6. The molecule has 0 aliphatic heterocycles. The zero-order chi connectivity index (χ0) is 20.0. The van der Waals surface area contributed by atoms with E-state index in [1.807, 2.05) is 6.07 Å². The molecule has 0 N–H and O–H groups in total. The summed E-state index contributed by atoms with van der Waals surface area (Å²) in [5, 5.41) is 17.9. The van der Waals surface area contributed by atoms with Crippen molar-refractivity contribution in [1.29, 1.82) is 10.5 Å². The number of hydrogen-bond acceptors (Lipinski definition) is 5. The van der Waals surface area contributed by atoms with Crippen LogP contribution in [0.15, 0.2) is 40.1 Å². The van der Waals surface area contributed by atoms with Crippen molar-refractivity contribution in [3.8, 4) is 12.1 Å². The lowest BCUT2D eigenvalue weighted by atomic mass is 10.2. The van der Waals surface area contributed by atoms with E-state index in [4.69, 9.17) is 10.5 Å². The average Bonchev–Trinajstić information content (AvgIpc) is 2.67. The first-order chi connectivity index (χ1) is 12.9. The molecule has 0 radical (unpaired) electrons. The molecule has 0 bridgehead atoms. The van der Waals surface area contributed by atoms with Gasteiger partial charge in [0.05, 0.1) is 12.5 Å². The molecule has 0 aliphatic carbocycles. The number of nitrogens with zero attached hydrogens (tertiary/aromatic N) is 5. The van der Waals surface area contributed by atoms with E-state index >= 15 is 0 Å². The molecule has 1 aromatic carbocycles. The summed E-state index contributed by atoms with van der Waals surface area (Å²) >= 11 is 0. The summed E-state index contributed by atoms with van der Waals surface area (Å²) in [6.45, 7) is 1.29. The van der Waals surface area contributed by atoms with Crippen molar-refractivity contribution in [2.24, 2.45) is 0 Å². The number of benzene rings is 1. The van der Waals surface area contributed by atoms with Crippen molar-refractivity contribution < 1.29 is 9.18 Å². The smallest absolute Gasteiger partial charge is 0.310 e. The maximum absolute atomic E-state index is 13.1. The first-order valence-corrected chi connectivity index (χ1v) is 8.10. The molecule has 0 fully saturated rings. The minimum atomic E-state index is -0.861. The number of rotatable bonds is 6. The van der Waals surface area contributed by atoms with Crippen LogP contribution >= 0.6 is 0 Å². The Kier molecular flexibility index (Phi) is 6.23. The zero-order valence-electron chi connectivity index (χ0n) is 14.6. The molecule has 0 spiro atoms. The van der Waals surface area contributed by atoms with Crippen molar-refractivity contribution in [3.63, 3.8) is 0 Å². The van der Waals surface area contributed by atoms with E-state index in [-0.39, 0.29) is 25.1 Å². The summed E-state index contributed by atoms with van der Waals surface area (Å²) in [5.74, 6) is -1.12. The Bertz CT molecular complexity index is 1040. The molecule has 1 heterocycles. The molecule has 0 saturated heterocycles. The van der Waals surface area contributed by atoms with Crippen LogP contribution < -0.4 is 16.1 Å². The average molecular weight is 369 g/mol. The van der Waals surface area contributed by atoms with E-state index in [0.717, 1.165) is 22.9 Å². The molecule has 138 valence electrons. The number of carbonyl (C=O) groups is 1. The van der Waals surface area contributed by atoms with Crippen LogP contribution in [0.25, 0.3) is 0 Å². The predicted octanol–water partition coefficient (Wildman–Crippen LogP) is 0.988. The summed E-state index contributed by atoms with van der Waals surface area (Å²) in [6, 6.07) is 8.67. The lowest BCUT2D eigenvalue weighted by Gasteiger charge is -2.22. The lowest BCUT2D eigenvalue weighted by molar-refractivity contribution is -0.119. The Balaban J connectivity index is 2.45. The second-order valence-electron chi connectivity index (χ2n) is 5.54. The van der Waals surface area contributed by atoms with Crippen LogP contribution in [0.5, 0.6) is 0 Å². The van der Waals surface area contributed by atoms with Crippen LogP contribution in [0, 0.1) is 28.5 Å². The number of halogens is 1. The molecular weight excluding hydrogens is 353 g/mol.